The molecule has 0 nitrogen and oxygen atoms in total. The summed E-state index contributed by atoms with van der Waals surface area (Å²) >= 11 is 0. The number of fused-ring (bicyclic) bond motifs is 3. The van der Waals surface area contributed by atoms with Gasteiger partial charge in [0, 0.05) is 0 Å². The maximum Gasteiger partial charge on any atom is 0.139 e. The highest BCUT2D eigenvalue weighted by Gasteiger charge is 2.25. The van der Waals surface area contributed by atoms with Gasteiger partial charge in [0.05, 0.1) is 0 Å². The quantitative estimate of drug-likeness (QED) is 0.156. The molecule has 7 aromatic carbocycles. The van der Waals surface area contributed by atoms with Crippen LogP contribution in [0, 0.1) is 0 Å². The van der Waals surface area contributed by atoms with Gasteiger partial charge in [-0.3, -0.25) is 0 Å². The second-order valence-electron chi connectivity index (χ2n) is 12.7. The van der Waals surface area contributed by atoms with Gasteiger partial charge < -0.3 is 0 Å². The van der Waals surface area contributed by atoms with Crippen molar-refractivity contribution in [2.24, 2.45) is 0 Å². The Hall–Kier alpha value is -4.16. The first-order valence-corrected chi connectivity index (χ1v) is 15.8. The van der Waals surface area contributed by atoms with E-state index in [1.165, 1.54) is 109 Å². The third-order valence-electron chi connectivity index (χ3n) is 10.7. The Balaban J connectivity index is 1.80. The van der Waals surface area contributed by atoms with Gasteiger partial charge in [-0.15, -0.1) is 21.9 Å². The smallest absolute Gasteiger partial charge is 0.101 e. The van der Waals surface area contributed by atoms with E-state index < -0.39 is 0 Å². The summed E-state index contributed by atoms with van der Waals surface area (Å²) in [5, 5.41) is 8.15. The molecule has 7 rings (SSSR count). The van der Waals surface area contributed by atoms with Crippen LogP contribution >= 0.6 is 0 Å². The molecule has 0 N–H and O–H groups in total. The fourth-order valence-corrected chi connectivity index (χ4v) is 7.69. The van der Waals surface area contributed by atoms with E-state index in [1.807, 2.05) is 0 Å². The molecule has 0 aliphatic heterocycles. The largest absolute Gasteiger partial charge is 0.139 e. The minimum absolute atomic E-state index is 1.25. The Morgan fingerprint density at radius 1 is 0.273 bits per heavy atom. The van der Waals surface area contributed by atoms with Crippen molar-refractivity contribution >= 4 is 139 Å². The summed E-state index contributed by atoms with van der Waals surface area (Å²) in [5.74, 6) is 0. The van der Waals surface area contributed by atoms with Crippen LogP contribution in [0.3, 0.4) is 0 Å². The predicted molar refractivity (Wildman–Crippen MR) is 221 cm³/mol. The zero-order valence-electron chi connectivity index (χ0n) is 27.2. The van der Waals surface area contributed by atoms with Gasteiger partial charge in [-0.05, 0) is 65.7 Å². The molecule has 7 aromatic rings. The van der Waals surface area contributed by atoms with Crippen molar-refractivity contribution in [3.63, 3.8) is 0 Å². The number of benzene rings is 7. The Labute approximate surface area is 268 Å². The van der Waals surface area contributed by atoms with Gasteiger partial charge in [0.1, 0.15) is 62.8 Å². The van der Waals surface area contributed by atoms with Crippen molar-refractivity contribution in [2.45, 2.75) is 0 Å². The molecular weight excluding hydrogens is 519 g/mol. The SMILES string of the molecule is Bc1c(B)c(B)c2c(-c3cccc4c(-c5ccccc5)cccc34)c3c(B)c(B)c(B)c(B)c3c(-c3ccccc3)c2c1B. The molecule has 44 heavy (non-hydrogen) atoms. The van der Waals surface area contributed by atoms with E-state index in [1.54, 1.807) is 0 Å². The highest BCUT2D eigenvalue weighted by atomic mass is 14.3. The van der Waals surface area contributed by atoms with Gasteiger partial charge in [0.25, 0.3) is 0 Å². The van der Waals surface area contributed by atoms with Crippen LogP contribution in [0.15, 0.2) is 97.1 Å². The van der Waals surface area contributed by atoms with Gasteiger partial charge >= 0.3 is 0 Å². The van der Waals surface area contributed by atoms with Crippen molar-refractivity contribution in [1.29, 1.82) is 0 Å². The van der Waals surface area contributed by atoms with E-state index in [9.17, 15) is 0 Å². The molecule has 0 saturated carbocycles. The standard InChI is InChI=1S/C36H32B8/c37-29-25-23(18-11-5-2-6-12-18)26-28(32(40)36(44)34(42)30(26)38)24(27(25)31(39)35(43)33(29)41)22-16-8-14-20-19(13-7-15-21(20)22)17-9-3-1-4-10-17/h1-16H,37-44H2. The second-order valence-corrected chi connectivity index (χ2v) is 12.7. The average Bonchev–Trinajstić information content (AvgIpc) is 3.06. The van der Waals surface area contributed by atoms with Crippen LogP contribution in [0.4, 0.5) is 0 Å². The minimum Gasteiger partial charge on any atom is -0.101 e. The summed E-state index contributed by atoms with van der Waals surface area (Å²) in [7, 11) is 18.6. The van der Waals surface area contributed by atoms with E-state index in [2.05, 4.69) is 160 Å². The van der Waals surface area contributed by atoms with E-state index in [0.29, 0.717) is 0 Å². The van der Waals surface area contributed by atoms with Gasteiger partial charge in [-0.2, -0.15) is 0 Å². The predicted octanol–water partition coefficient (Wildman–Crippen LogP) is -3.79. The summed E-state index contributed by atoms with van der Waals surface area (Å²) in [4.78, 5) is 0. The zero-order valence-corrected chi connectivity index (χ0v) is 27.2. The maximum atomic E-state index is 2.36. The van der Waals surface area contributed by atoms with Crippen LogP contribution in [0.5, 0.6) is 0 Å². The Kier molecular flexibility index (Phi) is 7.00. The number of hydrogen-bond donors (Lipinski definition) is 0. The fraction of sp³-hybridized carbons (Fsp3) is 0. The Morgan fingerprint density at radius 2 is 0.636 bits per heavy atom. The zero-order chi connectivity index (χ0) is 30.9. The average molecular weight is 551 g/mol. The molecule has 0 aliphatic rings. The lowest BCUT2D eigenvalue weighted by Gasteiger charge is -2.28. The lowest BCUT2D eigenvalue weighted by Crippen LogP contribution is -2.50. The highest BCUT2D eigenvalue weighted by Crippen LogP contribution is 2.43. The van der Waals surface area contributed by atoms with Crippen molar-refractivity contribution < 1.29 is 0 Å². The molecule has 0 saturated heterocycles. The van der Waals surface area contributed by atoms with Gasteiger partial charge in [0.2, 0.25) is 0 Å². The molecule has 0 unspecified atom stereocenters. The Morgan fingerprint density at radius 3 is 1.09 bits per heavy atom. The molecule has 0 aliphatic carbocycles. The third kappa shape index (κ3) is 4.11. The molecule has 0 radical (unpaired) electrons. The normalized spacial score (nSPS) is 11.5. The van der Waals surface area contributed by atoms with E-state index >= 15 is 0 Å². The van der Waals surface area contributed by atoms with Crippen molar-refractivity contribution in [3.05, 3.63) is 97.1 Å². The van der Waals surface area contributed by atoms with Crippen molar-refractivity contribution in [3.8, 4) is 33.4 Å². The molecule has 0 fully saturated rings. The van der Waals surface area contributed by atoms with Crippen LogP contribution < -0.4 is 43.7 Å². The van der Waals surface area contributed by atoms with Crippen LogP contribution in [0.25, 0.3) is 65.7 Å². The first-order chi connectivity index (χ1) is 21.2. The van der Waals surface area contributed by atoms with Crippen LogP contribution in [-0.4, -0.2) is 62.8 Å². The number of rotatable bonds is 3. The van der Waals surface area contributed by atoms with Gasteiger partial charge in [-0.25, -0.2) is 0 Å². The number of hydrogen-bond acceptors (Lipinski definition) is 0. The summed E-state index contributed by atoms with van der Waals surface area (Å²) in [6.07, 6.45) is 0. The topological polar surface area (TPSA) is 0 Å². The maximum absolute atomic E-state index is 2.36. The molecule has 0 heterocycles. The lowest BCUT2D eigenvalue weighted by atomic mass is 9.59. The third-order valence-corrected chi connectivity index (χ3v) is 10.7. The summed E-state index contributed by atoms with van der Waals surface area (Å²) < 4.78 is 0. The molecule has 0 bridgehead atoms. The van der Waals surface area contributed by atoms with Crippen molar-refractivity contribution in [2.75, 3.05) is 0 Å². The van der Waals surface area contributed by atoms with E-state index in [4.69, 9.17) is 0 Å². The first-order valence-electron chi connectivity index (χ1n) is 15.8. The minimum atomic E-state index is 1.25. The van der Waals surface area contributed by atoms with Gasteiger partial charge in [-0.1, -0.05) is 119 Å². The lowest BCUT2D eigenvalue weighted by molar-refractivity contribution is 1.65. The molecule has 0 aromatic heterocycles. The molecule has 0 spiro atoms. The molecule has 8 heteroatoms. The van der Waals surface area contributed by atoms with Crippen molar-refractivity contribution in [1.82, 2.24) is 0 Å². The first kappa shape index (κ1) is 28.6. The van der Waals surface area contributed by atoms with Gasteiger partial charge in [0.15, 0.2) is 0 Å². The molecule has 0 atom stereocenters. The summed E-state index contributed by atoms with van der Waals surface area (Å²) in [5.41, 5.74) is 18.9. The molecular formula is C36H32B8. The fourth-order valence-electron chi connectivity index (χ4n) is 7.69. The monoisotopic (exact) mass is 552 g/mol. The van der Waals surface area contributed by atoms with Crippen LogP contribution in [0.2, 0.25) is 0 Å². The summed E-state index contributed by atoms with van der Waals surface area (Å²) in [6.45, 7) is 0. The summed E-state index contributed by atoms with van der Waals surface area (Å²) in [6, 6.07) is 35.6. The second kappa shape index (κ2) is 10.8. The molecule has 200 valence electrons. The molecule has 0 amide bonds. The van der Waals surface area contributed by atoms with E-state index in [-0.39, 0.29) is 0 Å². The van der Waals surface area contributed by atoms with Crippen LogP contribution in [0.1, 0.15) is 0 Å². The highest BCUT2D eigenvalue weighted by molar-refractivity contribution is 6.71. The Bertz CT molecular complexity index is 2210. The van der Waals surface area contributed by atoms with E-state index in [0.717, 1.165) is 0 Å². The van der Waals surface area contributed by atoms with Crippen LogP contribution in [-0.2, 0) is 0 Å².